The van der Waals surface area contributed by atoms with E-state index in [1.54, 1.807) is 19.1 Å². The van der Waals surface area contributed by atoms with E-state index in [4.69, 9.17) is 0 Å². The normalized spacial score (nSPS) is 9.75. The Kier molecular flexibility index (Phi) is 5.98. The zero-order valence-corrected chi connectivity index (χ0v) is 16.0. The standard InChI is InChI=1S/C25H18BF2/c1-17-14-24(27)23(25(28)15-17)13-9-20-6-4-19(5-7-20)8-10-21-11-12-22(26-3)16-18(21)2/h4-7,11-12,14-16H,1-3H3. The number of hydrogen-bond donors (Lipinski definition) is 0. The van der Waals surface area contributed by atoms with Crippen molar-refractivity contribution >= 4 is 12.7 Å². The van der Waals surface area contributed by atoms with E-state index in [9.17, 15) is 8.78 Å². The van der Waals surface area contributed by atoms with Crippen molar-refractivity contribution < 1.29 is 8.78 Å². The summed E-state index contributed by atoms with van der Waals surface area (Å²) in [4.78, 5) is 0. The zero-order chi connectivity index (χ0) is 20.1. The van der Waals surface area contributed by atoms with Gasteiger partial charge in [-0.1, -0.05) is 48.1 Å². The minimum atomic E-state index is -0.644. The van der Waals surface area contributed by atoms with Crippen LogP contribution < -0.4 is 5.46 Å². The maximum atomic E-state index is 13.9. The number of benzene rings is 3. The van der Waals surface area contributed by atoms with Crippen LogP contribution in [0.5, 0.6) is 0 Å². The Morgan fingerprint density at radius 3 is 1.82 bits per heavy atom. The highest BCUT2D eigenvalue weighted by atomic mass is 19.1. The predicted octanol–water partition coefficient (Wildman–Crippen LogP) is 4.76. The van der Waals surface area contributed by atoms with Gasteiger partial charge in [-0.05, 0) is 67.4 Å². The molecule has 0 nitrogen and oxygen atoms in total. The Hall–Kier alpha value is -3.30. The quantitative estimate of drug-likeness (QED) is 0.430. The van der Waals surface area contributed by atoms with Gasteiger partial charge in [0.15, 0.2) is 0 Å². The van der Waals surface area contributed by atoms with Crippen molar-refractivity contribution in [2.45, 2.75) is 20.7 Å². The Bertz CT molecular complexity index is 1110. The Balaban J connectivity index is 1.79. The Morgan fingerprint density at radius 1 is 0.714 bits per heavy atom. The third-order valence-corrected chi connectivity index (χ3v) is 4.33. The predicted molar refractivity (Wildman–Crippen MR) is 112 cm³/mol. The van der Waals surface area contributed by atoms with Gasteiger partial charge >= 0.3 is 0 Å². The van der Waals surface area contributed by atoms with E-state index in [2.05, 4.69) is 37.0 Å². The average molecular weight is 367 g/mol. The number of halogens is 2. The zero-order valence-electron chi connectivity index (χ0n) is 16.0. The van der Waals surface area contributed by atoms with E-state index in [0.717, 1.165) is 16.7 Å². The summed E-state index contributed by atoms with van der Waals surface area (Å²) < 4.78 is 27.7. The lowest BCUT2D eigenvalue weighted by Crippen LogP contribution is -2.10. The SMILES string of the molecule is C[B]c1ccc(C#Cc2ccc(C#Cc3c(F)cc(C)cc3F)cc2)c(C)c1. The van der Waals surface area contributed by atoms with Gasteiger partial charge in [0.05, 0.1) is 5.56 Å². The van der Waals surface area contributed by atoms with Gasteiger partial charge in [0, 0.05) is 16.7 Å². The molecular weight excluding hydrogens is 349 g/mol. The number of hydrogen-bond acceptors (Lipinski definition) is 0. The summed E-state index contributed by atoms with van der Waals surface area (Å²) in [6, 6.07) is 16.0. The lowest BCUT2D eigenvalue weighted by atomic mass is 9.72. The maximum Gasteiger partial charge on any atom is 0.148 e. The molecule has 3 heteroatoms. The van der Waals surface area contributed by atoms with Crippen molar-refractivity contribution in [3.05, 3.63) is 99.6 Å². The molecule has 0 aliphatic rings. The molecule has 135 valence electrons. The Morgan fingerprint density at radius 2 is 1.29 bits per heavy atom. The van der Waals surface area contributed by atoms with Gasteiger partial charge < -0.3 is 0 Å². The molecule has 0 fully saturated rings. The van der Waals surface area contributed by atoms with Crippen molar-refractivity contribution in [1.29, 1.82) is 0 Å². The largest absolute Gasteiger partial charge is 0.206 e. The summed E-state index contributed by atoms with van der Waals surface area (Å²) in [5.74, 6) is 10.4. The van der Waals surface area contributed by atoms with Gasteiger partial charge in [-0.2, -0.15) is 0 Å². The molecule has 0 aliphatic heterocycles. The van der Waals surface area contributed by atoms with Gasteiger partial charge in [0.25, 0.3) is 0 Å². The molecule has 0 amide bonds. The van der Waals surface area contributed by atoms with Gasteiger partial charge in [-0.3, -0.25) is 0 Å². The first-order chi connectivity index (χ1) is 13.5. The molecule has 0 unspecified atom stereocenters. The summed E-state index contributed by atoms with van der Waals surface area (Å²) >= 11 is 0. The average Bonchev–Trinajstić information content (AvgIpc) is 2.67. The van der Waals surface area contributed by atoms with Crippen molar-refractivity contribution in [1.82, 2.24) is 0 Å². The molecular formula is C25H18BF2. The van der Waals surface area contributed by atoms with E-state index < -0.39 is 11.6 Å². The molecule has 3 aromatic carbocycles. The van der Waals surface area contributed by atoms with Crippen LogP contribution in [0.15, 0.2) is 54.6 Å². The summed E-state index contributed by atoms with van der Waals surface area (Å²) in [6.07, 6.45) is 0. The van der Waals surface area contributed by atoms with Crippen molar-refractivity contribution in [3.8, 4) is 23.7 Å². The van der Waals surface area contributed by atoms with Gasteiger partial charge in [0.2, 0.25) is 0 Å². The van der Waals surface area contributed by atoms with E-state index in [1.807, 2.05) is 38.0 Å². The molecule has 0 saturated carbocycles. The van der Waals surface area contributed by atoms with Crippen LogP contribution >= 0.6 is 0 Å². The smallest absolute Gasteiger partial charge is 0.148 e. The van der Waals surface area contributed by atoms with E-state index in [-0.39, 0.29) is 5.56 Å². The molecule has 3 aromatic rings. The molecule has 0 heterocycles. The lowest BCUT2D eigenvalue weighted by molar-refractivity contribution is 0.575. The molecule has 0 spiro atoms. The Labute approximate surface area is 165 Å². The molecule has 0 saturated heterocycles. The monoisotopic (exact) mass is 367 g/mol. The lowest BCUT2D eigenvalue weighted by Gasteiger charge is -2.01. The van der Waals surface area contributed by atoms with Gasteiger partial charge in [-0.15, -0.1) is 0 Å². The summed E-state index contributed by atoms with van der Waals surface area (Å²) in [6.45, 7) is 5.69. The molecule has 28 heavy (non-hydrogen) atoms. The van der Waals surface area contributed by atoms with E-state index >= 15 is 0 Å². The molecule has 0 bridgehead atoms. The highest BCUT2D eigenvalue weighted by molar-refractivity contribution is 6.51. The molecule has 0 aromatic heterocycles. The maximum absolute atomic E-state index is 13.9. The van der Waals surface area contributed by atoms with Crippen LogP contribution in [0, 0.1) is 49.2 Å². The van der Waals surface area contributed by atoms with Crippen molar-refractivity contribution in [2.24, 2.45) is 0 Å². The first-order valence-corrected chi connectivity index (χ1v) is 8.96. The van der Waals surface area contributed by atoms with Gasteiger partial charge in [-0.25, -0.2) is 8.78 Å². The van der Waals surface area contributed by atoms with Crippen LogP contribution in [-0.2, 0) is 0 Å². The number of aryl methyl sites for hydroxylation is 2. The second-order valence-electron chi connectivity index (χ2n) is 6.54. The molecule has 1 radical (unpaired) electrons. The molecule has 0 N–H and O–H groups in total. The van der Waals surface area contributed by atoms with Gasteiger partial charge in [0.1, 0.15) is 18.9 Å². The fraction of sp³-hybridized carbons (Fsp3) is 0.120. The van der Waals surface area contributed by atoms with Crippen LogP contribution in [-0.4, -0.2) is 7.28 Å². The van der Waals surface area contributed by atoms with Crippen LogP contribution in [0.25, 0.3) is 0 Å². The molecule has 3 rings (SSSR count). The first kappa shape index (κ1) is 19.5. The topological polar surface area (TPSA) is 0 Å². The highest BCUT2D eigenvalue weighted by Gasteiger charge is 2.07. The fourth-order valence-corrected chi connectivity index (χ4v) is 2.74. The van der Waals surface area contributed by atoms with Crippen LogP contribution in [0.1, 0.15) is 33.4 Å². The third-order valence-electron chi connectivity index (χ3n) is 4.33. The number of rotatable bonds is 1. The van der Waals surface area contributed by atoms with E-state index in [0.29, 0.717) is 11.1 Å². The second-order valence-corrected chi connectivity index (χ2v) is 6.54. The first-order valence-electron chi connectivity index (χ1n) is 8.96. The van der Waals surface area contributed by atoms with Crippen molar-refractivity contribution in [2.75, 3.05) is 0 Å². The summed E-state index contributed by atoms with van der Waals surface area (Å²) in [5, 5.41) is 0. The summed E-state index contributed by atoms with van der Waals surface area (Å²) in [7, 11) is 2.05. The molecule has 0 atom stereocenters. The highest BCUT2D eigenvalue weighted by Crippen LogP contribution is 2.14. The van der Waals surface area contributed by atoms with Crippen LogP contribution in [0.3, 0.4) is 0 Å². The fourth-order valence-electron chi connectivity index (χ4n) is 2.74. The van der Waals surface area contributed by atoms with Crippen molar-refractivity contribution in [3.63, 3.8) is 0 Å². The summed E-state index contributed by atoms with van der Waals surface area (Å²) in [5.41, 5.74) is 5.13. The van der Waals surface area contributed by atoms with Crippen LogP contribution in [0.4, 0.5) is 8.78 Å². The second kappa shape index (κ2) is 8.60. The third kappa shape index (κ3) is 4.70. The molecule has 0 aliphatic carbocycles. The minimum absolute atomic E-state index is 0.210. The van der Waals surface area contributed by atoms with E-state index in [1.165, 1.54) is 17.6 Å². The minimum Gasteiger partial charge on any atom is -0.206 e. The van der Waals surface area contributed by atoms with Crippen LogP contribution in [0.2, 0.25) is 6.82 Å².